The van der Waals surface area contributed by atoms with Gasteiger partial charge >= 0.3 is 5.97 Å². The number of aliphatic carboxylic acids is 1. The maximum atomic E-state index is 10.9. The second kappa shape index (κ2) is 5.21. The highest BCUT2D eigenvalue weighted by molar-refractivity contribution is 7.13. The van der Waals surface area contributed by atoms with Crippen LogP contribution in [-0.4, -0.2) is 34.7 Å². The van der Waals surface area contributed by atoms with Gasteiger partial charge in [-0.05, 0) is 0 Å². The zero-order chi connectivity index (χ0) is 12.1. The lowest BCUT2D eigenvalue weighted by Gasteiger charge is -2.05. The van der Waals surface area contributed by atoms with Crippen molar-refractivity contribution in [2.45, 2.75) is 5.92 Å². The molecule has 0 saturated heterocycles. The third-order valence-electron chi connectivity index (χ3n) is 1.70. The van der Waals surface area contributed by atoms with E-state index in [0.717, 1.165) is 17.6 Å². The molecule has 7 nitrogen and oxygen atoms in total. The van der Waals surface area contributed by atoms with Crippen molar-refractivity contribution < 1.29 is 14.7 Å². The number of thiazole rings is 1. The van der Waals surface area contributed by atoms with Gasteiger partial charge in [-0.15, -0.1) is 11.3 Å². The summed E-state index contributed by atoms with van der Waals surface area (Å²) < 4.78 is 0. The summed E-state index contributed by atoms with van der Waals surface area (Å²) in [4.78, 5) is 28.8. The van der Waals surface area contributed by atoms with Crippen molar-refractivity contribution in [3.63, 3.8) is 0 Å². The average Bonchev–Trinajstić information content (AvgIpc) is 2.58. The number of nitrogens with two attached hydrogens (primary N) is 2. The molecule has 0 spiro atoms. The van der Waals surface area contributed by atoms with Gasteiger partial charge in [0.05, 0.1) is 18.5 Å². The highest BCUT2D eigenvalue weighted by Gasteiger charge is 2.21. The number of rotatable bonds is 5. The molecule has 1 aromatic heterocycles. The van der Waals surface area contributed by atoms with Crippen LogP contribution in [-0.2, 0) is 9.59 Å². The Morgan fingerprint density at radius 2 is 2.38 bits per heavy atom. The summed E-state index contributed by atoms with van der Waals surface area (Å²) in [6, 6.07) is 0. The largest absolute Gasteiger partial charge is 0.481 e. The highest BCUT2D eigenvalue weighted by atomic mass is 32.1. The molecule has 0 aliphatic carbocycles. The topological polar surface area (TPSA) is 132 Å². The number of nitrogen functional groups attached to an aromatic ring is 1. The molecule has 1 rings (SSSR count). The monoisotopic (exact) mass is 242 g/mol. The fourth-order valence-corrected chi connectivity index (χ4v) is 1.62. The number of carboxylic acids is 1. The maximum Gasteiger partial charge on any atom is 0.314 e. The second-order valence-electron chi connectivity index (χ2n) is 2.90. The van der Waals surface area contributed by atoms with Gasteiger partial charge in [0.15, 0.2) is 5.13 Å². The van der Waals surface area contributed by atoms with E-state index in [2.05, 4.69) is 9.98 Å². The third kappa shape index (κ3) is 3.31. The number of nitrogens with zero attached hydrogens (tertiary/aromatic N) is 2. The summed E-state index contributed by atoms with van der Waals surface area (Å²) >= 11 is 1.15. The number of aliphatic imine (C=N–C) groups is 1. The summed E-state index contributed by atoms with van der Waals surface area (Å²) in [5.41, 5.74) is 10.6. The standard InChI is InChI=1S/C8H10N4O3S/c9-6(13)2-11-1-4(7(14)15)5-3-16-8(10)12-5/h2-4H,1H2,(H2,9,13)(H2,10,12)(H,14,15). The number of primary amides is 1. The van der Waals surface area contributed by atoms with E-state index in [-0.39, 0.29) is 6.54 Å². The number of anilines is 1. The Balaban J connectivity index is 2.76. The molecule has 86 valence electrons. The molecule has 1 heterocycles. The highest BCUT2D eigenvalue weighted by Crippen LogP contribution is 2.20. The van der Waals surface area contributed by atoms with Gasteiger partial charge in [0.2, 0.25) is 0 Å². The average molecular weight is 242 g/mol. The smallest absolute Gasteiger partial charge is 0.314 e. The molecule has 8 heteroatoms. The molecule has 5 N–H and O–H groups in total. The molecule has 1 amide bonds. The van der Waals surface area contributed by atoms with E-state index in [1.54, 1.807) is 5.38 Å². The van der Waals surface area contributed by atoms with E-state index in [0.29, 0.717) is 10.8 Å². The number of hydrogen-bond acceptors (Lipinski definition) is 6. The molecule has 0 aliphatic rings. The van der Waals surface area contributed by atoms with E-state index in [1.165, 1.54) is 0 Å². The van der Waals surface area contributed by atoms with Crippen LogP contribution in [0.25, 0.3) is 0 Å². The molecule has 0 aromatic carbocycles. The van der Waals surface area contributed by atoms with Crippen LogP contribution in [0.3, 0.4) is 0 Å². The van der Waals surface area contributed by atoms with Crippen LogP contribution in [0.5, 0.6) is 0 Å². The van der Waals surface area contributed by atoms with Gasteiger partial charge in [0.25, 0.3) is 5.91 Å². The number of carbonyl (C=O) groups is 2. The Hall–Kier alpha value is -1.96. The maximum absolute atomic E-state index is 10.9. The first-order valence-electron chi connectivity index (χ1n) is 4.23. The van der Waals surface area contributed by atoms with E-state index < -0.39 is 17.8 Å². The zero-order valence-electron chi connectivity index (χ0n) is 8.16. The van der Waals surface area contributed by atoms with Gasteiger partial charge < -0.3 is 16.6 Å². The molecule has 1 aromatic rings. The van der Waals surface area contributed by atoms with Crippen LogP contribution in [0.4, 0.5) is 5.13 Å². The van der Waals surface area contributed by atoms with E-state index in [1.807, 2.05) is 0 Å². The normalized spacial score (nSPS) is 12.8. The summed E-state index contributed by atoms with van der Waals surface area (Å²) in [6.07, 6.45) is 0.881. The number of carboxylic acid groups (broad SMARTS) is 1. The number of carbonyl (C=O) groups excluding carboxylic acids is 1. The molecule has 0 fully saturated rings. The Morgan fingerprint density at radius 1 is 1.69 bits per heavy atom. The number of hydrogen-bond donors (Lipinski definition) is 3. The quantitative estimate of drug-likeness (QED) is 0.596. The fourth-order valence-electron chi connectivity index (χ4n) is 1.01. The molecule has 1 atom stereocenters. The molecular formula is C8H10N4O3S. The summed E-state index contributed by atoms with van der Waals surface area (Å²) in [7, 11) is 0. The number of aromatic nitrogens is 1. The van der Waals surface area contributed by atoms with Crippen LogP contribution >= 0.6 is 11.3 Å². The number of amides is 1. The Morgan fingerprint density at radius 3 is 2.81 bits per heavy atom. The first-order chi connectivity index (χ1) is 7.50. The minimum absolute atomic E-state index is 0.0958. The first kappa shape index (κ1) is 12.1. The predicted octanol–water partition coefficient (Wildman–Crippen LogP) is -0.550. The first-order valence-corrected chi connectivity index (χ1v) is 5.11. The van der Waals surface area contributed by atoms with Gasteiger partial charge in [0.1, 0.15) is 5.92 Å². The van der Waals surface area contributed by atoms with Crippen molar-refractivity contribution in [3.05, 3.63) is 11.1 Å². The SMILES string of the molecule is NC(=O)C=NCC(C(=O)O)c1csc(N)n1. The molecule has 0 saturated carbocycles. The van der Waals surface area contributed by atoms with Crippen LogP contribution < -0.4 is 11.5 Å². The minimum atomic E-state index is -1.08. The Kier molecular flexibility index (Phi) is 3.95. The van der Waals surface area contributed by atoms with Gasteiger partial charge in [-0.25, -0.2) is 4.98 Å². The molecular weight excluding hydrogens is 232 g/mol. The lowest BCUT2D eigenvalue weighted by molar-refractivity contribution is -0.138. The van der Waals surface area contributed by atoms with E-state index in [9.17, 15) is 9.59 Å². The molecule has 0 bridgehead atoms. The zero-order valence-corrected chi connectivity index (χ0v) is 8.98. The predicted molar refractivity (Wildman–Crippen MR) is 59.5 cm³/mol. The van der Waals surface area contributed by atoms with Crippen LogP contribution in [0.2, 0.25) is 0 Å². The molecule has 0 radical (unpaired) electrons. The fraction of sp³-hybridized carbons (Fsp3) is 0.250. The molecule has 1 unspecified atom stereocenters. The van der Waals surface area contributed by atoms with E-state index in [4.69, 9.17) is 16.6 Å². The van der Waals surface area contributed by atoms with Crippen molar-refractivity contribution in [1.29, 1.82) is 0 Å². The lowest BCUT2D eigenvalue weighted by Crippen LogP contribution is -2.17. The van der Waals surface area contributed by atoms with Crippen molar-refractivity contribution in [1.82, 2.24) is 4.98 Å². The Bertz CT molecular complexity index is 429. The van der Waals surface area contributed by atoms with Gasteiger partial charge in [0, 0.05) is 5.38 Å². The van der Waals surface area contributed by atoms with Crippen molar-refractivity contribution >= 4 is 34.6 Å². The van der Waals surface area contributed by atoms with Gasteiger partial charge in [-0.2, -0.15) is 0 Å². The minimum Gasteiger partial charge on any atom is -0.481 e. The lowest BCUT2D eigenvalue weighted by atomic mass is 10.1. The van der Waals surface area contributed by atoms with Crippen molar-refractivity contribution in [3.8, 4) is 0 Å². The van der Waals surface area contributed by atoms with Crippen LogP contribution in [0.15, 0.2) is 10.4 Å². The summed E-state index contributed by atoms with van der Waals surface area (Å²) in [5.74, 6) is -2.71. The van der Waals surface area contributed by atoms with Crippen molar-refractivity contribution in [2.75, 3.05) is 12.3 Å². The summed E-state index contributed by atoms with van der Waals surface area (Å²) in [6.45, 7) is -0.0958. The van der Waals surface area contributed by atoms with Crippen molar-refractivity contribution in [2.24, 2.45) is 10.7 Å². The molecule has 16 heavy (non-hydrogen) atoms. The van der Waals surface area contributed by atoms with Crippen LogP contribution in [0, 0.1) is 0 Å². The second-order valence-corrected chi connectivity index (χ2v) is 3.79. The van der Waals surface area contributed by atoms with Crippen LogP contribution in [0.1, 0.15) is 11.6 Å². The third-order valence-corrected chi connectivity index (χ3v) is 2.39. The van der Waals surface area contributed by atoms with Gasteiger partial charge in [-0.1, -0.05) is 0 Å². The molecule has 0 aliphatic heterocycles. The van der Waals surface area contributed by atoms with Gasteiger partial charge in [-0.3, -0.25) is 14.6 Å². The Labute approximate surface area is 94.8 Å². The summed E-state index contributed by atoms with van der Waals surface area (Å²) in [5, 5.41) is 10.8. The van der Waals surface area contributed by atoms with E-state index >= 15 is 0 Å².